The third-order valence-corrected chi connectivity index (χ3v) is 3.98. The summed E-state index contributed by atoms with van der Waals surface area (Å²) >= 11 is 3.43. The first-order chi connectivity index (χ1) is 12.3. The highest BCUT2D eigenvalue weighted by molar-refractivity contribution is 9.10. The molecule has 2 aromatic rings. The van der Waals surface area contributed by atoms with Crippen LogP contribution in [0.1, 0.15) is 35.3 Å². The van der Waals surface area contributed by atoms with E-state index < -0.39 is 0 Å². The quantitative estimate of drug-likeness (QED) is 0.692. The average molecular weight is 420 g/mol. The minimum Gasteiger partial charge on any atom is -0.483 e. The van der Waals surface area contributed by atoms with Crippen molar-refractivity contribution in [3.8, 4) is 5.75 Å². The third kappa shape index (κ3) is 5.59. The van der Waals surface area contributed by atoms with E-state index in [4.69, 9.17) is 9.47 Å². The van der Waals surface area contributed by atoms with E-state index in [1.54, 1.807) is 38.1 Å². The second-order valence-corrected chi connectivity index (χ2v) is 7.15. The zero-order valence-corrected chi connectivity index (χ0v) is 16.8. The first kappa shape index (κ1) is 20.0. The van der Waals surface area contributed by atoms with E-state index in [1.165, 1.54) is 0 Å². The minimum atomic E-state index is -0.387. The molecule has 1 N–H and O–H groups in total. The molecule has 0 bridgehead atoms. The predicted octanol–water partition coefficient (Wildman–Crippen LogP) is 4.65. The van der Waals surface area contributed by atoms with Gasteiger partial charge in [-0.25, -0.2) is 4.79 Å². The van der Waals surface area contributed by atoms with Crippen molar-refractivity contribution in [1.82, 2.24) is 0 Å². The second-order valence-electron chi connectivity index (χ2n) is 6.24. The maximum Gasteiger partial charge on any atom is 0.338 e. The van der Waals surface area contributed by atoms with Crippen LogP contribution in [0.4, 0.5) is 5.69 Å². The van der Waals surface area contributed by atoms with Gasteiger partial charge in [0.1, 0.15) is 5.75 Å². The highest BCUT2D eigenvalue weighted by atomic mass is 79.9. The Labute approximate surface area is 161 Å². The Morgan fingerprint density at radius 3 is 2.19 bits per heavy atom. The van der Waals surface area contributed by atoms with Crippen LogP contribution in [0.5, 0.6) is 5.75 Å². The number of ether oxygens (including phenoxy) is 2. The Balaban J connectivity index is 1.93. The lowest BCUT2D eigenvalue weighted by atomic mass is 10.1. The molecule has 0 aromatic heterocycles. The van der Waals surface area contributed by atoms with Gasteiger partial charge in [0.15, 0.2) is 6.61 Å². The molecule has 0 saturated heterocycles. The van der Waals surface area contributed by atoms with E-state index in [0.29, 0.717) is 17.0 Å². The molecule has 6 heteroatoms. The molecule has 5 nitrogen and oxygen atoms in total. The lowest BCUT2D eigenvalue weighted by Gasteiger charge is -2.13. The summed E-state index contributed by atoms with van der Waals surface area (Å²) < 4.78 is 11.8. The van der Waals surface area contributed by atoms with E-state index >= 15 is 0 Å². The molecule has 0 aliphatic carbocycles. The van der Waals surface area contributed by atoms with Crippen molar-refractivity contribution in [2.75, 3.05) is 11.9 Å². The maximum atomic E-state index is 12.1. The molecule has 0 heterocycles. The molecule has 1 amide bonds. The van der Waals surface area contributed by atoms with Gasteiger partial charge in [-0.3, -0.25) is 4.79 Å². The first-order valence-electron chi connectivity index (χ1n) is 8.26. The van der Waals surface area contributed by atoms with Crippen LogP contribution >= 0.6 is 15.9 Å². The molecule has 2 aromatic carbocycles. The van der Waals surface area contributed by atoms with Gasteiger partial charge in [-0.1, -0.05) is 15.9 Å². The Morgan fingerprint density at radius 1 is 1.08 bits per heavy atom. The molecule has 0 atom stereocenters. The van der Waals surface area contributed by atoms with Crippen LogP contribution in [0.3, 0.4) is 0 Å². The van der Waals surface area contributed by atoms with Crippen LogP contribution in [-0.4, -0.2) is 24.6 Å². The normalized spacial score (nSPS) is 10.5. The molecule has 0 aliphatic heterocycles. The van der Waals surface area contributed by atoms with Crippen LogP contribution in [0.25, 0.3) is 0 Å². The Kier molecular flexibility index (Phi) is 6.80. The van der Waals surface area contributed by atoms with Crippen molar-refractivity contribution < 1.29 is 19.1 Å². The molecule has 0 unspecified atom stereocenters. The Hall–Kier alpha value is -2.34. The van der Waals surface area contributed by atoms with Crippen LogP contribution in [-0.2, 0) is 9.53 Å². The van der Waals surface area contributed by atoms with Gasteiger partial charge < -0.3 is 14.8 Å². The topological polar surface area (TPSA) is 64.6 Å². The molecular formula is C20H22BrNO4. The summed E-state index contributed by atoms with van der Waals surface area (Å²) in [5.41, 5.74) is 2.94. The average Bonchev–Trinajstić information content (AvgIpc) is 2.53. The van der Waals surface area contributed by atoms with Crippen LogP contribution in [0.15, 0.2) is 40.9 Å². The Morgan fingerprint density at radius 2 is 1.65 bits per heavy atom. The van der Waals surface area contributed by atoms with Crippen LogP contribution in [0, 0.1) is 13.8 Å². The molecule has 138 valence electrons. The van der Waals surface area contributed by atoms with Gasteiger partial charge >= 0.3 is 5.97 Å². The van der Waals surface area contributed by atoms with E-state index in [0.717, 1.165) is 15.6 Å². The summed E-state index contributed by atoms with van der Waals surface area (Å²) in [5, 5.41) is 2.74. The molecule has 0 radical (unpaired) electrons. The van der Waals surface area contributed by atoms with Crippen LogP contribution in [0.2, 0.25) is 0 Å². The summed E-state index contributed by atoms with van der Waals surface area (Å²) in [5.74, 6) is 0.0433. The fourth-order valence-corrected chi connectivity index (χ4v) is 3.12. The van der Waals surface area contributed by atoms with E-state index in [9.17, 15) is 9.59 Å². The lowest BCUT2D eigenvalue weighted by molar-refractivity contribution is -0.118. The SMILES string of the molecule is Cc1cc(Br)cc(C)c1OCC(=O)Nc1ccc(C(=O)OC(C)C)cc1. The monoisotopic (exact) mass is 419 g/mol. The molecule has 2 rings (SSSR count). The molecule has 0 aliphatic rings. The van der Waals surface area contributed by atoms with Crippen molar-refractivity contribution >= 4 is 33.5 Å². The number of nitrogens with one attached hydrogen (secondary N) is 1. The number of anilines is 1. The van der Waals surface area contributed by atoms with Crippen molar-refractivity contribution in [2.45, 2.75) is 33.8 Å². The molecule has 26 heavy (non-hydrogen) atoms. The number of hydrogen-bond acceptors (Lipinski definition) is 4. The first-order valence-corrected chi connectivity index (χ1v) is 9.06. The third-order valence-electron chi connectivity index (χ3n) is 3.52. The number of benzene rings is 2. The van der Waals surface area contributed by atoms with Gasteiger partial charge in [-0.2, -0.15) is 0 Å². The number of esters is 1. The summed E-state index contributed by atoms with van der Waals surface area (Å²) in [4.78, 5) is 23.9. The van der Waals surface area contributed by atoms with Crippen molar-refractivity contribution in [3.63, 3.8) is 0 Å². The number of hydrogen-bond donors (Lipinski definition) is 1. The lowest BCUT2D eigenvalue weighted by Crippen LogP contribution is -2.20. The van der Waals surface area contributed by atoms with Gasteiger partial charge in [0.05, 0.1) is 11.7 Å². The number of carbonyl (C=O) groups is 2. The Bertz CT molecular complexity index is 777. The van der Waals surface area contributed by atoms with Crippen LogP contribution < -0.4 is 10.1 Å². The number of carbonyl (C=O) groups excluding carboxylic acids is 2. The summed E-state index contributed by atoms with van der Waals surface area (Å²) in [6.07, 6.45) is -0.176. The van der Waals surface area contributed by atoms with Crippen molar-refractivity contribution in [2.24, 2.45) is 0 Å². The number of rotatable bonds is 6. The number of halogens is 1. The largest absolute Gasteiger partial charge is 0.483 e. The zero-order valence-electron chi connectivity index (χ0n) is 15.3. The highest BCUT2D eigenvalue weighted by Crippen LogP contribution is 2.27. The fraction of sp³-hybridized carbons (Fsp3) is 0.300. The molecule has 0 spiro atoms. The number of amides is 1. The summed E-state index contributed by atoms with van der Waals surface area (Å²) in [6.45, 7) is 7.35. The molecular weight excluding hydrogens is 398 g/mol. The summed E-state index contributed by atoms with van der Waals surface area (Å²) in [6, 6.07) is 10.4. The zero-order chi connectivity index (χ0) is 19.3. The van der Waals surface area contributed by atoms with E-state index in [-0.39, 0.29) is 24.6 Å². The smallest absolute Gasteiger partial charge is 0.338 e. The molecule has 0 fully saturated rings. The van der Waals surface area contributed by atoms with Gasteiger partial charge in [-0.15, -0.1) is 0 Å². The van der Waals surface area contributed by atoms with E-state index in [1.807, 2.05) is 26.0 Å². The van der Waals surface area contributed by atoms with Crippen molar-refractivity contribution in [3.05, 3.63) is 57.6 Å². The standard InChI is InChI=1S/C20H22BrNO4/c1-12(2)26-20(24)15-5-7-17(8-6-15)22-18(23)11-25-19-13(3)9-16(21)10-14(19)4/h5-10,12H,11H2,1-4H3,(H,22,23). The predicted molar refractivity (Wildman–Crippen MR) is 105 cm³/mol. The minimum absolute atomic E-state index is 0.0968. The van der Waals surface area contributed by atoms with Gasteiger partial charge in [0.25, 0.3) is 5.91 Å². The fourth-order valence-electron chi connectivity index (χ4n) is 2.43. The second kappa shape index (κ2) is 8.85. The van der Waals surface area contributed by atoms with Gasteiger partial charge in [0.2, 0.25) is 0 Å². The van der Waals surface area contributed by atoms with Gasteiger partial charge in [-0.05, 0) is 75.2 Å². The van der Waals surface area contributed by atoms with Crippen molar-refractivity contribution in [1.29, 1.82) is 0 Å². The van der Waals surface area contributed by atoms with E-state index in [2.05, 4.69) is 21.2 Å². The summed E-state index contributed by atoms with van der Waals surface area (Å²) in [7, 11) is 0. The highest BCUT2D eigenvalue weighted by Gasteiger charge is 2.11. The molecule has 0 saturated carbocycles. The maximum absolute atomic E-state index is 12.1. The van der Waals surface area contributed by atoms with Gasteiger partial charge in [0, 0.05) is 10.2 Å². The number of aryl methyl sites for hydroxylation is 2.